The van der Waals surface area contributed by atoms with E-state index < -0.39 is 0 Å². The van der Waals surface area contributed by atoms with Crippen LogP contribution in [-0.2, 0) is 20.0 Å². The van der Waals surface area contributed by atoms with Crippen molar-refractivity contribution in [2.45, 2.75) is 13.0 Å². The number of nitrogens with zero attached hydrogens (tertiary/aromatic N) is 4. The Bertz CT molecular complexity index is 624. The summed E-state index contributed by atoms with van der Waals surface area (Å²) in [7, 11) is 5.74. The van der Waals surface area contributed by atoms with E-state index >= 15 is 0 Å². The molecule has 0 aliphatic carbocycles. The monoisotopic (exact) mass is 447 g/mol. The summed E-state index contributed by atoms with van der Waals surface area (Å²) in [6.07, 6.45) is 4.84. The summed E-state index contributed by atoms with van der Waals surface area (Å²) in [6.45, 7) is 1.60. The quantitative estimate of drug-likeness (QED) is 0.435. The normalized spacial score (nSPS) is 11.0. The molecule has 1 heterocycles. The summed E-state index contributed by atoms with van der Waals surface area (Å²) in [5.74, 6) is 0.874. The molecule has 0 radical (unpaired) electrons. The molecule has 2 aromatic rings. The Labute approximate surface area is 159 Å². The summed E-state index contributed by atoms with van der Waals surface area (Å²) in [4.78, 5) is 6.41. The van der Waals surface area contributed by atoms with Crippen LogP contribution in [0.4, 0.5) is 0 Å². The fourth-order valence-electron chi connectivity index (χ4n) is 2.24. The molecular formula is C16H23ClIN5. The van der Waals surface area contributed by atoms with E-state index in [0.717, 1.165) is 30.5 Å². The van der Waals surface area contributed by atoms with E-state index in [2.05, 4.69) is 20.3 Å². The maximum atomic E-state index is 5.91. The van der Waals surface area contributed by atoms with Crippen molar-refractivity contribution in [3.05, 3.63) is 52.8 Å². The molecule has 23 heavy (non-hydrogen) atoms. The Morgan fingerprint density at radius 2 is 2.00 bits per heavy atom. The Kier molecular flexibility index (Phi) is 8.40. The first-order valence-corrected chi connectivity index (χ1v) is 7.60. The minimum atomic E-state index is 0. The third-order valence-corrected chi connectivity index (χ3v) is 3.61. The number of guanidine groups is 1. The van der Waals surface area contributed by atoms with Gasteiger partial charge in [-0.3, -0.25) is 9.67 Å². The van der Waals surface area contributed by atoms with Crippen LogP contribution in [0.3, 0.4) is 0 Å². The number of aliphatic imine (C=N–C) groups is 1. The van der Waals surface area contributed by atoms with Crippen LogP contribution in [0.15, 0.2) is 41.7 Å². The number of aryl methyl sites for hydroxylation is 1. The molecule has 0 aliphatic heterocycles. The number of halogens is 2. The Morgan fingerprint density at radius 1 is 1.30 bits per heavy atom. The molecule has 1 aromatic carbocycles. The van der Waals surface area contributed by atoms with Gasteiger partial charge >= 0.3 is 0 Å². The summed E-state index contributed by atoms with van der Waals surface area (Å²) in [5.41, 5.74) is 2.41. The molecule has 126 valence electrons. The highest BCUT2D eigenvalue weighted by Crippen LogP contribution is 2.11. The number of benzene rings is 1. The molecule has 7 heteroatoms. The van der Waals surface area contributed by atoms with Gasteiger partial charge in [-0.05, 0) is 29.7 Å². The Balaban J connectivity index is 0.00000264. The maximum Gasteiger partial charge on any atom is 0.193 e. The van der Waals surface area contributed by atoms with Gasteiger partial charge < -0.3 is 10.2 Å². The van der Waals surface area contributed by atoms with Crippen molar-refractivity contribution in [2.24, 2.45) is 12.0 Å². The van der Waals surface area contributed by atoms with Gasteiger partial charge in [0.1, 0.15) is 0 Å². The van der Waals surface area contributed by atoms with Crippen molar-refractivity contribution < 1.29 is 0 Å². The Hall–Kier alpha value is -1.28. The number of aromatic nitrogens is 2. The smallest absolute Gasteiger partial charge is 0.193 e. The van der Waals surface area contributed by atoms with E-state index in [4.69, 9.17) is 11.6 Å². The van der Waals surface area contributed by atoms with Gasteiger partial charge in [0.05, 0.1) is 6.20 Å². The lowest BCUT2D eigenvalue weighted by atomic mass is 10.2. The van der Waals surface area contributed by atoms with Gasteiger partial charge in [0.2, 0.25) is 0 Å². The zero-order valence-electron chi connectivity index (χ0n) is 13.7. The lowest BCUT2D eigenvalue weighted by Crippen LogP contribution is -2.39. The number of hydrogen-bond donors (Lipinski definition) is 1. The zero-order chi connectivity index (χ0) is 15.9. The standard InChI is InChI=1S/C16H22ClN5.HI/c1-18-16(19-9-8-14-10-20-22(3)12-14)21(2)11-13-4-6-15(17)7-5-13;/h4-7,10,12H,8-9,11H2,1-3H3,(H,18,19);1H. The van der Waals surface area contributed by atoms with Crippen LogP contribution in [0.1, 0.15) is 11.1 Å². The molecule has 2 rings (SSSR count). The number of hydrogen-bond acceptors (Lipinski definition) is 2. The van der Waals surface area contributed by atoms with E-state index in [1.54, 1.807) is 7.05 Å². The second-order valence-corrected chi connectivity index (χ2v) is 5.67. The fourth-order valence-corrected chi connectivity index (χ4v) is 2.37. The summed E-state index contributed by atoms with van der Waals surface area (Å²) >= 11 is 5.91. The SMILES string of the molecule is CN=C(NCCc1cnn(C)c1)N(C)Cc1ccc(Cl)cc1.I. The van der Waals surface area contributed by atoms with Crippen LogP contribution >= 0.6 is 35.6 Å². The molecule has 0 saturated heterocycles. The predicted octanol–water partition coefficient (Wildman–Crippen LogP) is 2.94. The first-order chi connectivity index (χ1) is 10.6. The van der Waals surface area contributed by atoms with Crippen molar-refractivity contribution in [1.29, 1.82) is 0 Å². The molecule has 0 unspecified atom stereocenters. The number of nitrogens with one attached hydrogen (secondary N) is 1. The minimum Gasteiger partial charge on any atom is -0.356 e. The summed E-state index contributed by atoms with van der Waals surface area (Å²) in [5, 5.41) is 8.30. The van der Waals surface area contributed by atoms with E-state index in [-0.39, 0.29) is 24.0 Å². The first-order valence-electron chi connectivity index (χ1n) is 7.22. The molecule has 0 aliphatic rings. The molecule has 0 atom stereocenters. The average molecular weight is 448 g/mol. The predicted molar refractivity (Wildman–Crippen MR) is 107 cm³/mol. The van der Waals surface area contributed by atoms with Crippen LogP contribution in [0, 0.1) is 0 Å². The first kappa shape index (κ1) is 19.8. The minimum absolute atomic E-state index is 0. The lowest BCUT2D eigenvalue weighted by molar-refractivity contribution is 0.477. The fraction of sp³-hybridized carbons (Fsp3) is 0.375. The molecule has 0 bridgehead atoms. The van der Waals surface area contributed by atoms with Crippen molar-refractivity contribution in [3.8, 4) is 0 Å². The molecule has 0 amide bonds. The van der Waals surface area contributed by atoms with Crippen LogP contribution in [0.2, 0.25) is 5.02 Å². The highest BCUT2D eigenvalue weighted by molar-refractivity contribution is 14.0. The van der Waals surface area contributed by atoms with E-state index in [9.17, 15) is 0 Å². The van der Waals surface area contributed by atoms with Crippen molar-refractivity contribution in [2.75, 3.05) is 20.6 Å². The highest BCUT2D eigenvalue weighted by Gasteiger charge is 2.06. The van der Waals surface area contributed by atoms with Crippen molar-refractivity contribution in [3.63, 3.8) is 0 Å². The zero-order valence-corrected chi connectivity index (χ0v) is 16.7. The van der Waals surface area contributed by atoms with Crippen LogP contribution in [0.5, 0.6) is 0 Å². The molecular weight excluding hydrogens is 425 g/mol. The molecule has 0 fully saturated rings. The maximum absolute atomic E-state index is 5.91. The van der Waals surface area contributed by atoms with Crippen molar-refractivity contribution >= 4 is 41.5 Å². The molecule has 1 aromatic heterocycles. The van der Waals surface area contributed by atoms with Gasteiger partial charge in [-0.2, -0.15) is 5.10 Å². The largest absolute Gasteiger partial charge is 0.356 e. The summed E-state index contributed by atoms with van der Waals surface area (Å²) in [6, 6.07) is 7.87. The van der Waals surface area contributed by atoms with Crippen LogP contribution < -0.4 is 5.32 Å². The van der Waals surface area contributed by atoms with Crippen molar-refractivity contribution in [1.82, 2.24) is 20.0 Å². The van der Waals surface area contributed by atoms with Gasteiger partial charge in [-0.1, -0.05) is 23.7 Å². The van der Waals surface area contributed by atoms with Gasteiger partial charge in [-0.15, -0.1) is 24.0 Å². The summed E-state index contributed by atoms with van der Waals surface area (Å²) < 4.78 is 1.82. The molecule has 5 nitrogen and oxygen atoms in total. The van der Waals surface area contributed by atoms with Crippen LogP contribution in [-0.4, -0.2) is 41.3 Å². The third-order valence-electron chi connectivity index (χ3n) is 3.36. The molecule has 0 spiro atoms. The second-order valence-electron chi connectivity index (χ2n) is 5.23. The average Bonchev–Trinajstić information content (AvgIpc) is 2.91. The molecule has 1 N–H and O–H groups in total. The Morgan fingerprint density at radius 3 is 2.57 bits per heavy atom. The lowest BCUT2D eigenvalue weighted by Gasteiger charge is -2.22. The van der Waals surface area contributed by atoms with E-state index in [1.165, 1.54) is 11.1 Å². The van der Waals surface area contributed by atoms with Gasteiger partial charge in [0.15, 0.2) is 5.96 Å². The topological polar surface area (TPSA) is 45.5 Å². The van der Waals surface area contributed by atoms with Crippen LogP contribution in [0.25, 0.3) is 0 Å². The van der Waals surface area contributed by atoms with Gasteiger partial charge in [0.25, 0.3) is 0 Å². The molecule has 0 saturated carbocycles. The third kappa shape index (κ3) is 6.39. The van der Waals surface area contributed by atoms with E-state index in [0.29, 0.717) is 0 Å². The van der Waals surface area contributed by atoms with Gasteiger partial charge in [-0.25, -0.2) is 0 Å². The highest BCUT2D eigenvalue weighted by atomic mass is 127. The second kappa shape index (κ2) is 9.77. The van der Waals surface area contributed by atoms with Gasteiger partial charge in [0, 0.05) is 45.5 Å². The number of rotatable bonds is 5. The van der Waals surface area contributed by atoms with E-state index in [1.807, 2.05) is 55.4 Å².